The zero-order valence-corrected chi connectivity index (χ0v) is 12.1. The molecule has 1 aliphatic carbocycles. The predicted octanol–water partition coefficient (Wildman–Crippen LogP) is 2.99. The summed E-state index contributed by atoms with van der Waals surface area (Å²) in [5, 5.41) is 0. The molecule has 0 atom stereocenters. The van der Waals surface area contributed by atoms with Crippen LogP contribution < -0.4 is 0 Å². The first-order valence-corrected chi connectivity index (χ1v) is 7.36. The molecule has 0 spiro atoms. The van der Waals surface area contributed by atoms with Gasteiger partial charge in [-0.2, -0.15) is 0 Å². The number of aromatic nitrogens is 2. The van der Waals surface area contributed by atoms with Crippen LogP contribution in [0.1, 0.15) is 43.1 Å². The van der Waals surface area contributed by atoms with Crippen molar-refractivity contribution in [1.82, 2.24) is 14.3 Å². The van der Waals surface area contributed by atoms with Crippen LogP contribution in [-0.4, -0.2) is 33.3 Å². The van der Waals surface area contributed by atoms with Crippen LogP contribution in [0.2, 0.25) is 0 Å². The van der Waals surface area contributed by atoms with Gasteiger partial charge in [0, 0.05) is 25.5 Å². The largest absolute Gasteiger partial charge is 0.337 e. The summed E-state index contributed by atoms with van der Waals surface area (Å²) in [4.78, 5) is 18.8. The first-order chi connectivity index (χ1) is 9.65. The average Bonchev–Trinajstić information content (AvgIpc) is 2.90. The maximum absolute atomic E-state index is 12.5. The van der Waals surface area contributed by atoms with E-state index in [2.05, 4.69) is 11.9 Å². The third kappa shape index (κ3) is 2.42. The summed E-state index contributed by atoms with van der Waals surface area (Å²) in [6.45, 7) is 2.29. The topological polar surface area (TPSA) is 37.6 Å². The van der Waals surface area contributed by atoms with Crippen LogP contribution >= 0.6 is 0 Å². The highest BCUT2D eigenvalue weighted by molar-refractivity contribution is 5.93. The molecule has 0 aliphatic heterocycles. The molecule has 0 N–H and O–H groups in total. The minimum atomic E-state index is 0.0354. The minimum Gasteiger partial charge on any atom is -0.337 e. The molecule has 3 rings (SSSR count). The van der Waals surface area contributed by atoms with Gasteiger partial charge in [-0.15, -0.1) is 0 Å². The fraction of sp³-hybridized carbons (Fsp3) is 0.500. The van der Waals surface area contributed by atoms with Gasteiger partial charge in [0.1, 0.15) is 11.3 Å². The van der Waals surface area contributed by atoms with Gasteiger partial charge in [0.2, 0.25) is 0 Å². The van der Waals surface area contributed by atoms with E-state index >= 15 is 0 Å². The van der Waals surface area contributed by atoms with E-state index in [-0.39, 0.29) is 5.91 Å². The van der Waals surface area contributed by atoms with Gasteiger partial charge in [0.25, 0.3) is 5.91 Å². The van der Waals surface area contributed by atoms with Crippen molar-refractivity contribution in [3.63, 3.8) is 0 Å². The number of nitrogens with zero attached hydrogens (tertiary/aromatic N) is 3. The van der Waals surface area contributed by atoms with E-state index in [1.165, 1.54) is 12.8 Å². The Balaban J connectivity index is 1.77. The van der Waals surface area contributed by atoms with Crippen molar-refractivity contribution in [3.8, 4) is 0 Å². The summed E-state index contributed by atoms with van der Waals surface area (Å²) in [7, 11) is 1.91. The quantitative estimate of drug-likeness (QED) is 0.842. The maximum Gasteiger partial charge on any atom is 0.274 e. The van der Waals surface area contributed by atoms with Gasteiger partial charge >= 0.3 is 0 Å². The fourth-order valence-electron chi connectivity index (χ4n) is 3.01. The molecule has 4 heteroatoms. The van der Waals surface area contributed by atoms with E-state index < -0.39 is 0 Å². The van der Waals surface area contributed by atoms with E-state index in [0.717, 1.165) is 24.4 Å². The third-order valence-corrected chi connectivity index (χ3v) is 4.44. The molecule has 0 saturated heterocycles. The third-order valence-electron chi connectivity index (χ3n) is 4.44. The van der Waals surface area contributed by atoms with Crippen LogP contribution in [0.5, 0.6) is 0 Å². The highest BCUT2D eigenvalue weighted by atomic mass is 16.2. The number of hydrogen-bond acceptors (Lipinski definition) is 2. The van der Waals surface area contributed by atoms with E-state index in [1.807, 2.05) is 46.9 Å². The molecule has 0 aromatic carbocycles. The monoisotopic (exact) mass is 271 g/mol. The number of imidazole rings is 1. The molecule has 106 valence electrons. The second kappa shape index (κ2) is 5.27. The van der Waals surface area contributed by atoms with Gasteiger partial charge in [-0.25, -0.2) is 4.98 Å². The van der Waals surface area contributed by atoms with Crippen LogP contribution in [0, 0.1) is 5.92 Å². The number of rotatable bonds is 2. The normalized spacial score (nSPS) is 22.9. The summed E-state index contributed by atoms with van der Waals surface area (Å²) in [6, 6.07) is 6.15. The molecule has 0 radical (unpaired) electrons. The van der Waals surface area contributed by atoms with E-state index in [1.54, 1.807) is 0 Å². The van der Waals surface area contributed by atoms with E-state index in [4.69, 9.17) is 0 Å². The lowest BCUT2D eigenvalue weighted by atomic mass is 9.86. The molecule has 0 bridgehead atoms. The molecule has 4 nitrogen and oxygen atoms in total. The zero-order valence-electron chi connectivity index (χ0n) is 12.1. The Kier molecular flexibility index (Phi) is 3.47. The van der Waals surface area contributed by atoms with Gasteiger partial charge in [-0.1, -0.05) is 13.0 Å². The fourth-order valence-corrected chi connectivity index (χ4v) is 3.01. The number of amides is 1. The molecule has 1 fully saturated rings. The summed E-state index contributed by atoms with van der Waals surface area (Å²) in [6.07, 6.45) is 8.38. The smallest absolute Gasteiger partial charge is 0.274 e. The van der Waals surface area contributed by atoms with Crippen LogP contribution in [0.15, 0.2) is 30.6 Å². The standard InChI is InChI=1S/C16H21N3O/c1-12-6-8-13(9-7-12)18(2)16(20)14-11-19-10-4-3-5-15(19)17-14/h3-5,10-13H,6-9H2,1-2H3. The van der Waals surface area contributed by atoms with E-state index in [0.29, 0.717) is 11.7 Å². The van der Waals surface area contributed by atoms with Crippen molar-refractivity contribution in [2.24, 2.45) is 5.92 Å². The molecule has 20 heavy (non-hydrogen) atoms. The van der Waals surface area contributed by atoms with Crippen LogP contribution in [0.3, 0.4) is 0 Å². The lowest BCUT2D eigenvalue weighted by molar-refractivity contribution is 0.0674. The molecule has 2 heterocycles. The Bertz CT molecular complexity index is 578. The highest BCUT2D eigenvalue weighted by Crippen LogP contribution is 2.27. The second-order valence-corrected chi connectivity index (χ2v) is 5.92. The lowest BCUT2D eigenvalue weighted by Crippen LogP contribution is -2.39. The maximum atomic E-state index is 12.5. The first kappa shape index (κ1) is 13.2. The van der Waals surface area contributed by atoms with Crippen molar-refractivity contribution in [2.75, 3.05) is 7.05 Å². The molecular weight excluding hydrogens is 250 g/mol. The molecular formula is C16H21N3O. The number of hydrogen-bond donors (Lipinski definition) is 0. The molecule has 0 unspecified atom stereocenters. The van der Waals surface area contributed by atoms with Gasteiger partial charge in [-0.05, 0) is 43.7 Å². The first-order valence-electron chi connectivity index (χ1n) is 7.36. The second-order valence-electron chi connectivity index (χ2n) is 5.92. The zero-order chi connectivity index (χ0) is 14.1. The van der Waals surface area contributed by atoms with Gasteiger partial charge < -0.3 is 9.30 Å². The Hall–Kier alpha value is -1.84. The van der Waals surface area contributed by atoms with Gasteiger partial charge in [0.15, 0.2) is 0 Å². The predicted molar refractivity (Wildman–Crippen MR) is 78.7 cm³/mol. The SMILES string of the molecule is CC1CCC(N(C)C(=O)c2cn3ccccc3n2)CC1. The molecule has 2 aromatic heterocycles. The average molecular weight is 271 g/mol. The molecule has 1 amide bonds. The Morgan fingerprint density at radius 2 is 2.05 bits per heavy atom. The lowest BCUT2D eigenvalue weighted by Gasteiger charge is -2.33. The summed E-state index contributed by atoms with van der Waals surface area (Å²) < 4.78 is 1.89. The molecule has 1 aliphatic rings. The van der Waals surface area contributed by atoms with Crippen LogP contribution in [-0.2, 0) is 0 Å². The van der Waals surface area contributed by atoms with Gasteiger partial charge in [-0.3, -0.25) is 4.79 Å². The number of carbonyl (C=O) groups excluding carboxylic acids is 1. The Labute approximate surface area is 119 Å². The van der Waals surface area contributed by atoms with Crippen molar-refractivity contribution in [3.05, 3.63) is 36.3 Å². The highest BCUT2D eigenvalue weighted by Gasteiger charge is 2.26. The van der Waals surface area contributed by atoms with Crippen molar-refractivity contribution < 1.29 is 4.79 Å². The van der Waals surface area contributed by atoms with Crippen molar-refractivity contribution in [1.29, 1.82) is 0 Å². The number of carbonyl (C=O) groups is 1. The Morgan fingerprint density at radius 3 is 2.75 bits per heavy atom. The van der Waals surface area contributed by atoms with Gasteiger partial charge in [0.05, 0.1) is 0 Å². The van der Waals surface area contributed by atoms with Crippen LogP contribution in [0.4, 0.5) is 0 Å². The summed E-state index contributed by atoms with van der Waals surface area (Å²) in [5.74, 6) is 0.832. The summed E-state index contributed by atoms with van der Waals surface area (Å²) >= 11 is 0. The molecule has 1 saturated carbocycles. The minimum absolute atomic E-state index is 0.0354. The van der Waals surface area contributed by atoms with E-state index in [9.17, 15) is 4.79 Å². The van der Waals surface area contributed by atoms with Crippen molar-refractivity contribution >= 4 is 11.6 Å². The van der Waals surface area contributed by atoms with Crippen LogP contribution in [0.25, 0.3) is 5.65 Å². The Morgan fingerprint density at radius 1 is 1.30 bits per heavy atom. The summed E-state index contributed by atoms with van der Waals surface area (Å²) in [5.41, 5.74) is 1.36. The number of fused-ring (bicyclic) bond motifs is 1. The molecule has 2 aromatic rings. The number of pyridine rings is 1. The van der Waals surface area contributed by atoms with Crippen molar-refractivity contribution in [2.45, 2.75) is 38.6 Å².